The number of rotatable bonds is 3. The third kappa shape index (κ3) is 2.45. The van der Waals surface area contributed by atoms with E-state index in [1.807, 2.05) is 0 Å². The first-order valence-electron chi connectivity index (χ1n) is 3.93. The third-order valence-electron chi connectivity index (χ3n) is 1.58. The number of hydrogen-bond acceptors (Lipinski definition) is 3. The standard InChI is InChI=1S/C7H13N3O2S/c1-6(2)13(11,12)9-7-4-5-10(3)8-7/h4-6H,1-3H3,(H,8,9). The molecule has 13 heavy (non-hydrogen) atoms. The molecular weight excluding hydrogens is 190 g/mol. The lowest BCUT2D eigenvalue weighted by atomic mass is 10.6. The summed E-state index contributed by atoms with van der Waals surface area (Å²) >= 11 is 0. The van der Waals surface area contributed by atoms with Gasteiger partial charge >= 0.3 is 0 Å². The van der Waals surface area contributed by atoms with Crippen molar-refractivity contribution >= 4 is 15.8 Å². The van der Waals surface area contributed by atoms with Gasteiger partial charge < -0.3 is 0 Å². The first-order chi connectivity index (χ1) is 5.92. The molecule has 1 N–H and O–H groups in total. The second-order valence-corrected chi connectivity index (χ2v) is 5.31. The summed E-state index contributed by atoms with van der Waals surface area (Å²) in [4.78, 5) is 0. The Hall–Kier alpha value is -1.04. The van der Waals surface area contributed by atoms with Gasteiger partial charge in [0.15, 0.2) is 5.82 Å². The van der Waals surface area contributed by atoms with Crippen molar-refractivity contribution in [2.45, 2.75) is 19.1 Å². The third-order valence-corrected chi connectivity index (χ3v) is 3.32. The summed E-state index contributed by atoms with van der Waals surface area (Å²) in [5, 5.41) is 3.46. The highest BCUT2D eigenvalue weighted by Crippen LogP contribution is 2.07. The zero-order chi connectivity index (χ0) is 10.1. The van der Waals surface area contributed by atoms with Gasteiger partial charge in [0.05, 0.1) is 5.25 Å². The Morgan fingerprint density at radius 2 is 2.15 bits per heavy atom. The lowest BCUT2D eigenvalue weighted by Crippen LogP contribution is -2.22. The minimum atomic E-state index is -3.26. The monoisotopic (exact) mass is 203 g/mol. The summed E-state index contributed by atoms with van der Waals surface area (Å²) < 4.78 is 26.6. The van der Waals surface area contributed by atoms with Gasteiger partial charge in [-0.3, -0.25) is 9.40 Å². The first kappa shape index (κ1) is 10.0. The Balaban J connectivity index is 2.81. The van der Waals surface area contributed by atoms with Gasteiger partial charge in [0.1, 0.15) is 0 Å². The molecule has 0 saturated heterocycles. The second-order valence-electron chi connectivity index (χ2n) is 3.07. The zero-order valence-electron chi connectivity index (χ0n) is 7.85. The maximum atomic E-state index is 11.3. The van der Waals surface area contributed by atoms with E-state index >= 15 is 0 Å². The van der Waals surface area contributed by atoms with Crippen LogP contribution in [0.3, 0.4) is 0 Å². The van der Waals surface area contributed by atoms with Gasteiger partial charge in [-0.05, 0) is 13.8 Å². The maximum Gasteiger partial charge on any atom is 0.236 e. The predicted octanol–water partition coefficient (Wildman–Crippen LogP) is 0.570. The van der Waals surface area contributed by atoms with Crippen LogP contribution in [0.25, 0.3) is 0 Å². The Kier molecular flexibility index (Phi) is 2.60. The molecule has 0 unspecified atom stereocenters. The molecule has 1 rings (SSSR count). The van der Waals surface area contributed by atoms with Crippen molar-refractivity contribution in [3.05, 3.63) is 12.3 Å². The van der Waals surface area contributed by atoms with Crippen LogP contribution in [0.2, 0.25) is 0 Å². The molecule has 0 aliphatic rings. The number of nitrogens with zero attached hydrogens (tertiary/aromatic N) is 2. The summed E-state index contributed by atoms with van der Waals surface area (Å²) in [5.74, 6) is 0.358. The second kappa shape index (κ2) is 3.37. The smallest absolute Gasteiger partial charge is 0.236 e. The first-order valence-corrected chi connectivity index (χ1v) is 5.48. The summed E-state index contributed by atoms with van der Waals surface area (Å²) in [6, 6.07) is 1.61. The van der Waals surface area contributed by atoms with Crippen LogP contribution in [0.1, 0.15) is 13.8 Å². The number of aromatic nitrogens is 2. The van der Waals surface area contributed by atoms with Crippen LogP contribution in [0, 0.1) is 0 Å². The van der Waals surface area contributed by atoms with Crippen LogP contribution < -0.4 is 4.72 Å². The van der Waals surface area contributed by atoms with Gasteiger partial charge in [-0.25, -0.2) is 8.42 Å². The zero-order valence-corrected chi connectivity index (χ0v) is 8.67. The number of nitrogens with one attached hydrogen (secondary N) is 1. The molecule has 0 atom stereocenters. The fourth-order valence-corrected chi connectivity index (χ4v) is 1.37. The van der Waals surface area contributed by atoms with E-state index < -0.39 is 15.3 Å². The van der Waals surface area contributed by atoms with Gasteiger partial charge in [0, 0.05) is 19.3 Å². The van der Waals surface area contributed by atoms with Crippen LogP contribution >= 0.6 is 0 Å². The van der Waals surface area contributed by atoms with Crippen molar-refractivity contribution in [3.63, 3.8) is 0 Å². The molecule has 0 saturated carbocycles. The molecule has 1 heterocycles. The summed E-state index contributed by atoms with van der Waals surface area (Å²) in [5.41, 5.74) is 0. The fourth-order valence-electron chi connectivity index (χ4n) is 0.733. The van der Waals surface area contributed by atoms with E-state index in [1.165, 1.54) is 4.68 Å². The lowest BCUT2D eigenvalue weighted by Gasteiger charge is -2.07. The minimum Gasteiger partial charge on any atom is -0.274 e. The molecule has 0 amide bonds. The summed E-state index contributed by atoms with van der Waals surface area (Å²) in [6.07, 6.45) is 1.68. The highest BCUT2D eigenvalue weighted by atomic mass is 32.2. The lowest BCUT2D eigenvalue weighted by molar-refractivity contribution is 0.592. The average molecular weight is 203 g/mol. The fraction of sp³-hybridized carbons (Fsp3) is 0.571. The van der Waals surface area contributed by atoms with Gasteiger partial charge in [0.25, 0.3) is 0 Å². The van der Waals surface area contributed by atoms with Gasteiger partial charge in [0.2, 0.25) is 10.0 Å². The largest absolute Gasteiger partial charge is 0.274 e. The molecule has 0 aliphatic heterocycles. The number of aryl methyl sites for hydroxylation is 1. The van der Waals surface area contributed by atoms with E-state index in [2.05, 4.69) is 9.82 Å². The van der Waals surface area contributed by atoms with Gasteiger partial charge in [-0.15, -0.1) is 0 Å². The van der Waals surface area contributed by atoms with Gasteiger partial charge in [-0.2, -0.15) is 5.10 Å². The number of hydrogen-bond donors (Lipinski definition) is 1. The average Bonchev–Trinajstić information content (AvgIpc) is 2.34. The molecular formula is C7H13N3O2S. The molecule has 0 aromatic carbocycles. The topological polar surface area (TPSA) is 64.0 Å². The van der Waals surface area contributed by atoms with Crippen LogP contribution in [-0.4, -0.2) is 23.4 Å². The quantitative estimate of drug-likeness (QED) is 0.781. The van der Waals surface area contributed by atoms with E-state index in [4.69, 9.17) is 0 Å². The molecule has 0 spiro atoms. The van der Waals surface area contributed by atoms with Crippen LogP contribution in [0.5, 0.6) is 0 Å². The van der Waals surface area contributed by atoms with Crippen molar-refractivity contribution in [1.29, 1.82) is 0 Å². The highest BCUT2D eigenvalue weighted by Gasteiger charge is 2.16. The molecule has 0 radical (unpaired) electrons. The molecule has 0 fully saturated rings. The molecule has 0 aliphatic carbocycles. The van der Waals surface area contributed by atoms with E-state index in [9.17, 15) is 8.42 Å². The Morgan fingerprint density at radius 1 is 1.54 bits per heavy atom. The summed E-state index contributed by atoms with van der Waals surface area (Å²) in [7, 11) is -1.53. The van der Waals surface area contributed by atoms with E-state index in [1.54, 1.807) is 33.2 Å². The van der Waals surface area contributed by atoms with Crippen molar-refractivity contribution in [2.24, 2.45) is 7.05 Å². The Labute approximate surface area is 77.8 Å². The summed E-state index contributed by atoms with van der Waals surface area (Å²) in [6.45, 7) is 3.23. The van der Waals surface area contributed by atoms with Crippen LogP contribution in [0.15, 0.2) is 12.3 Å². The van der Waals surface area contributed by atoms with Crippen molar-refractivity contribution in [1.82, 2.24) is 9.78 Å². The van der Waals surface area contributed by atoms with Gasteiger partial charge in [-0.1, -0.05) is 0 Å². The molecule has 0 bridgehead atoms. The van der Waals surface area contributed by atoms with Crippen molar-refractivity contribution in [2.75, 3.05) is 4.72 Å². The molecule has 1 aromatic rings. The number of sulfonamides is 1. The SMILES string of the molecule is CC(C)S(=O)(=O)Nc1ccn(C)n1. The van der Waals surface area contributed by atoms with Crippen molar-refractivity contribution < 1.29 is 8.42 Å². The van der Waals surface area contributed by atoms with E-state index in [0.29, 0.717) is 5.82 Å². The predicted molar refractivity (Wildman–Crippen MR) is 50.9 cm³/mol. The normalized spacial score (nSPS) is 12.0. The van der Waals surface area contributed by atoms with E-state index in [-0.39, 0.29) is 0 Å². The molecule has 5 nitrogen and oxygen atoms in total. The highest BCUT2D eigenvalue weighted by molar-refractivity contribution is 7.93. The van der Waals surface area contributed by atoms with E-state index in [0.717, 1.165) is 0 Å². The Morgan fingerprint density at radius 3 is 2.54 bits per heavy atom. The molecule has 6 heteroatoms. The number of anilines is 1. The maximum absolute atomic E-state index is 11.3. The Bertz CT molecular complexity index is 380. The van der Waals surface area contributed by atoms with Crippen molar-refractivity contribution in [3.8, 4) is 0 Å². The minimum absolute atomic E-state index is 0.358. The van der Waals surface area contributed by atoms with Crippen LogP contribution in [-0.2, 0) is 17.1 Å². The molecule has 74 valence electrons. The van der Waals surface area contributed by atoms with Crippen LogP contribution in [0.4, 0.5) is 5.82 Å². The molecule has 1 aromatic heterocycles.